The van der Waals surface area contributed by atoms with Gasteiger partial charge in [0, 0.05) is 31.1 Å². The normalized spacial score (nSPS) is 24.4. The van der Waals surface area contributed by atoms with Gasteiger partial charge < -0.3 is 9.64 Å². The van der Waals surface area contributed by atoms with Crippen LogP contribution in [0.3, 0.4) is 0 Å². The number of anilines is 1. The zero-order valence-corrected chi connectivity index (χ0v) is 18.2. The van der Waals surface area contributed by atoms with Crippen LogP contribution in [-0.2, 0) is 4.74 Å². The number of aromatic nitrogens is 4. The molecule has 3 fully saturated rings. The highest BCUT2D eigenvalue weighted by Gasteiger charge is 2.42. The van der Waals surface area contributed by atoms with Gasteiger partial charge in [0.1, 0.15) is 5.69 Å². The Hall–Kier alpha value is -2.09. The van der Waals surface area contributed by atoms with E-state index in [4.69, 9.17) is 16.3 Å². The largest absolute Gasteiger partial charge is 0.377 e. The molecule has 1 saturated carbocycles. The zero-order chi connectivity index (χ0) is 20.5. The maximum Gasteiger partial charge on any atom is 0.103 e. The van der Waals surface area contributed by atoms with Crippen LogP contribution in [0.25, 0.3) is 16.6 Å². The topological polar surface area (TPSA) is 51.4 Å². The van der Waals surface area contributed by atoms with Crippen LogP contribution < -0.4 is 4.90 Å². The molecule has 0 radical (unpaired) electrons. The van der Waals surface area contributed by atoms with Crippen LogP contribution in [0.5, 0.6) is 0 Å². The van der Waals surface area contributed by atoms with Gasteiger partial charge in [0.15, 0.2) is 0 Å². The Labute approximate surface area is 181 Å². The maximum atomic E-state index is 6.75. The quantitative estimate of drug-likeness (QED) is 0.639. The molecule has 2 saturated heterocycles. The van der Waals surface area contributed by atoms with Gasteiger partial charge in [-0.15, -0.1) is 0 Å². The summed E-state index contributed by atoms with van der Waals surface area (Å²) in [6.07, 6.45) is 8.33. The van der Waals surface area contributed by atoms with Gasteiger partial charge in [0.05, 0.1) is 59.6 Å². The molecule has 30 heavy (non-hydrogen) atoms. The summed E-state index contributed by atoms with van der Waals surface area (Å²) in [5, 5.41) is 11.0. The van der Waals surface area contributed by atoms with Crippen molar-refractivity contribution in [2.75, 3.05) is 37.7 Å². The smallest absolute Gasteiger partial charge is 0.103 e. The van der Waals surface area contributed by atoms with Crippen LogP contribution in [0.1, 0.15) is 32.7 Å². The molecule has 0 spiro atoms. The molecule has 1 aromatic carbocycles. The molecule has 3 aromatic rings. The van der Waals surface area contributed by atoms with Crippen molar-refractivity contribution in [2.24, 2.45) is 0 Å². The molecular formula is C22H27ClN6O. The minimum Gasteiger partial charge on any atom is -0.377 e. The van der Waals surface area contributed by atoms with Gasteiger partial charge in [-0.3, -0.25) is 9.58 Å². The van der Waals surface area contributed by atoms with Crippen molar-refractivity contribution < 1.29 is 4.74 Å². The Bertz CT molecular complexity index is 1100. The third-order valence-electron chi connectivity index (χ3n) is 6.92. The Balaban J connectivity index is 1.32. The fourth-order valence-corrected chi connectivity index (χ4v) is 5.10. The van der Waals surface area contributed by atoms with E-state index in [2.05, 4.69) is 50.8 Å². The third kappa shape index (κ3) is 2.94. The number of nitrogens with zero attached hydrogens (tertiary/aromatic N) is 6. The lowest BCUT2D eigenvalue weighted by Crippen LogP contribution is -2.66. The molecule has 0 amide bonds. The molecule has 158 valence electrons. The summed E-state index contributed by atoms with van der Waals surface area (Å²) in [5.74, 6) is 0. The van der Waals surface area contributed by atoms with E-state index >= 15 is 0 Å². The number of hydrogen-bond acceptors (Lipinski definition) is 5. The molecule has 3 aliphatic rings. The number of ether oxygens (including phenoxy) is 1. The second kappa shape index (κ2) is 6.70. The molecular weight excluding hydrogens is 400 g/mol. The zero-order valence-electron chi connectivity index (χ0n) is 17.5. The van der Waals surface area contributed by atoms with Gasteiger partial charge in [0.2, 0.25) is 0 Å². The average Bonchev–Trinajstić information content (AvgIpc) is 3.30. The highest BCUT2D eigenvalue weighted by atomic mass is 35.5. The van der Waals surface area contributed by atoms with E-state index in [1.54, 1.807) is 0 Å². The molecule has 4 heterocycles. The van der Waals surface area contributed by atoms with Gasteiger partial charge in [-0.2, -0.15) is 10.2 Å². The van der Waals surface area contributed by atoms with Gasteiger partial charge in [-0.25, -0.2) is 4.68 Å². The molecule has 2 aromatic heterocycles. The molecule has 0 bridgehead atoms. The van der Waals surface area contributed by atoms with E-state index in [0.717, 1.165) is 60.1 Å². The molecule has 7 nitrogen and oxygen atoms in total. The summed E-state index contributed by atoms with van der Waals surface area (Å²) in [6.45, 7) is 9.24. The standard InChI is InChI=1S/C22H27ClN6O/c1-15-11-26(22(2)13-30-14-22)5-6-27(15)21-8-20-16(7-19(21)23)9-25-29(20)18-10-24-28(12-18)17-3-4-17/h7-10,12,15,17H,3-6,11,13-14H2,1-2H3/t15-/m1/s1. The highest BCUT2D eigenvalue weighted by Crippen LogP contribution is 2.37. The molecule has 0 N–H and O–H groups in total. The van der Waals surface area contributed by atoms with Crippen molar-refractivity contribution in [3.05, 3.63) is 35.7 Å². The average molecular weight is 427 g/mol. The summed E-state index contributed by atoms with van der Waals surface area (Å²) in [6, 6.07) is 5.17. The lowest BCUT2D eigenvalue weighted by atomic mass is 9.95. The van der Waals surface area contributed by atoms with E-state index in [1.165, 1.54) is 12.8 Å². The van der Waals surface area contributed by atoms with E-state index in [9.17, 15) is 0 Å². The van der Waals surface area contributed by atoms with Crippen LogP contribution >= 0.6 is 11.6 Å². The van der Waals surface area contributed by atoms with E-state index < -0.39 is 0 Å². The molecule has 2 aliphatic heterocycles. The first-order chi connectivity index (χ1) is 14.5. The summed E-state index contributed by atoms with van der Waals surface area (Å²) in [5.41, 5.74) is 3.34. The lowest BCUT2D eigenvalue weighted by molar-refractivity contribution is -0.134. The summed E-state index contributed by atoms with van der Waals surface area (Å²) < 4.78 is 9.52. The Kier molecular flexibility index (Phi) is 4.17. The predicted molar refractivity (Wildman–Crippen MR) is 118 cm³/mol. The fraction of sp³-hybridized carbons (Fsp3) is 0.545. The minimum atomic E-state index is 0.189. The maximum absolute atomic E-state index is 6.75. The van der Waals surface area contributed by atoms with Gasteiger partial charge in [-0.05, 0) is 38.8 Å². The summed E-state index contributed by atoms with van der Waals surface area (Å²) in [7, 11) is 0. The Morgan fingerprint density at radius 2 is 1.97 bits per heavy atom. The first-order valence-electron chi connectivity index (χ1n) is 10.8. The van der Waals surface area contributed by atoms with Crippen molar-refractivity contribution in [3.63, 3.8) is 0 Å². The number of benzene rings is 1. The van der Waals surface area contributed by atoms with Crippen LogP contribution in [0, 0.1) is 0 Å². The van der Waals surface area contributed by atoms with Crippen molar-refractivity contribution in [3.8, 4) is 5.69 Å². The molecule has 8 heteroatoms. The monoisotopic (exact) mass is 426 g/mol. The van der Waals surface area contributed by atoms with Crippen LogP contribution in [0.2, 0.25) is 5.02 Å². The molecule has 0 unspecified atom stereocenters. The number of halogens is 1. The highest BCUT2D eigenvalue weighted by molar-refractivity contribution is 6.34. The van der Waals surface area contributed by atoms with Crippen molar-refractivity contribution in [1.82, 2.24) is 24.5 Å². The minimum absolute atomic E-state index is 0.189. The first-order valence-corrected chi connectivity index (χ1v) is 11.2. The van der Waals surface area contributed by atoms with Crippen LogP contribution in [-0.4, -0.2) is 68.9 Å². The van der Waals surface area contributed by atoms with Gasteiger partial charge >= 0.3 is 0 Å². The number of rotatable bonds is 4. The third-order valence-corrected chi connectivity index (χ3v) is 7.22. The predicted octanol–water partition coefficient (Wildman–Crippen LogP) is 3.51. The van der Waals surface area contributed by atoms with Crippen molar-refractivity contribution in [1.29, 1.82) is 0 Å². The number of hydrogen-bond donors (Lipinski definition) is 0. The Morgan fingerprint density at radius 1 is 1.13 bits per heavy atom. The summed E-state index contributed by atoms with van der Waals surface area (Å²) in [4.78, 5) is 5.01. The SMILES string of the molecule is C[C@@H]1CN(C2(C)COC2)CCN1c1cc2c(cnn2-c2cnn(C3CC3)c2)cc1Cl. The van der Waals surface area contributed by atoms with Crippen molar-refractivity contribution >= 4 is 28.2 Å². The Morgan fingerprint density at radius 3 is 2.67 bits per heavy atom. The second-order valence-electron chi connectivity index (χ2n) is 9.31. The molecule has 6 rings (SSSR count). The van der Waals surface area contributed by atoms with Gasteiger partial charge in [-0.1, -0.05) is 11.6 Å². The van der Waals surface area contributed by atoms with Crippen LogP contribution in [0.15, 0.2) is 30.7 Å². The first kappa shape index (κ1) is 18.7. The number of piperazine rings is 1. The van der Waals surface area contributed by atoms with Gasteiger partial charge in [0.25, 0.3) is 0 Å². The molecule has 1 atom stereocenters. The van der Waals surface area contributed by atoms with Crippen LogP contribution in [0.4, 0.5) is 5.69 Å². The van der Waals surface area contributed by atoms with Crippen molar-refractivity contribution in [2.45, 2.75) is 44.3 Å². The fourth-order valence-electron chi connectivity index (χ4n) is 4.82. The van der Waals surface area contributed by atoms with E-state index in [1.807, 2.05) is 23.1 Å². The van der Waals surface area contributed by atoms with E-state index in [0.29, 0.717) is 12.1 Å². The summed E-state index contributed by atoms with van der Waals surface area (Å²) >= 11 is 6.75. The number of fused-ring (bicyclic) bond motifs is 1. The van der Waals surface area contributed by atoms with E-state index in [-0.39, 0.29) is 5.54 Å². The lowest BCUT2D eigenvalue weighted by Gasteiger charge is -2.52. The molecule has 1 aliphatic carbocycles. The second-order valence-corrected chi connectivity index (χ2v) is 9.71.